The molecule has 7 aromatic carbocycles. The average Bonchev–Trinajstić information content (AvgIpc) is 3.85. The van der Waals surface area contributed by atoms with Crippen LogP contribution in [-0.4, -0.2) is 19.3 Å². The molecule has 0 spiro atoms. The van der Waals surface area contributed by atoms with Crippen LogP contribution >= 0.6 is 0 Å². The summed E-state index contributed by atoms with van der Waals surface area (Å²) in [5.41, 5.74) is 19.3. The summed E-state index contributed by atoms with van der Waals surface area (Å²) in [6.45, 7) is 18.0. The number of hydrogen-bond acceptors (Lipinski definition) is 3. The summed E-state index contributed by atoms with van der Waals surface area (Å²) in [6, 6.07) is 64.7. The van der Waals surface area contributed by atoms with Gasteiger partial charge in [0.2, 0.25) is 0 Å². The van der Waals surface area contributed by atoms with Crippen LogP contribution in [0.25, 0.3) is 67.0 Å². The van der Waals surface area contributed by atoms with Crippen molar-refractivity contribution >= 4 is 38.9 Å². The number of pyridine rings is 1. The summed E-state index contributed by atoms with van der Waals surface area (Å²) in [7, 11) is 0. The van der Waals surface area contributed by atoms with Gasteiger partial charge in [-0.15, -0.1) is 35.2 Å². The van der Waals surface area contributed by atoms with Gasteiger partial charge in [0.1, 0.15) is 11.5 Å². The van der Waals surface area contributed by atoms with Crippen LogP contribution in [0.1, 0.15) is 68.0 Å². The minimum absolute atomic E-state index is 0. The van der Waals surface area contributed by atoms with E-state index < -0.39 is 0 Å². The number of para-hydroxylation sites is 2. The zero-order valence-corrected chi connectivity index (χ0v) is 40.9. The maximum absolute atomic E-state index is 5.62. The molecule has 11 rings (SSSR count). The fourth-order valence-corrected chi connectivity index (χ4v) is 10.3. The first-order valence-corrected chi connectivity index (χ1v) is 22.6. The first-order valence-electron chi connectivity index (χ1n) is 22.6. The molecule has 1 aliphatic rings. The normalized spacial score (nSPS) is 13.1. The SMILES string of the molecule is Cc1cc(C)c(-c2c(-c3ccccc3)nn(-c3[c-]c4c(cc3)C(C)(C)c3ccccc3N4c3[c-]c4c(cc3)c3ccccc3n4-c3cc(C(C)(C)C)ccn3)c2-c2ccccc2)c(C)c1.[Pt+2]. The molecule has 0 amide bonds. The first kappa shape index (κ1) is 43.1. The van der Waals surface area contributed by atoms with E-state index in [1.807, 2.05) is 6.20 Å². The van der Waals surface area contributed by atoms with Gasteiger partial charge < -0.3 is 9.47 Å². The zero-order chi connectivity index (χ0) is 44.8. The predicted molar refractivity (Wildman–Crippen MR) is 269 cm³/mol. The first-order chi connectivity index (χ1) is 31.4. The van der Waals surface area contributed by atoms with E-state index in [1.54, 1.807) is 0 Å². The van der Waals surface area contributed by atoms with Gasteiger partial charge in [0, 0.05) is 34.1 Å². The van der Waals surface area contributed by atoms with Gasteiger partial charge in [-0.3, -0.25) is 4.68 Å². The Kier molecular flexibility index (Phi) is 10.6. The van der Waals surface area contributed by atoms with E-state index in [0.717, 1.165) is 73.1 Å². The van der Waals surface area contributed by atoms with Crippen molar-refractivity contribution in [2.24, 2.45) is 0 Å². The minimum atomic E-state index is -0.323. The van der Waals surface area contributed by atoms with Crippen molar-refractivity contribution in [2.75, 3.05) is 4.90 Å². The smallest absolute Gasteiger partial charge is 0.358 e. The molecule has 6 heteroatoms. The number of hydrogen-bond donors (Lipinski definition) is 0. The van der Waals surface area contributed by atoms with Crippen molar-refractivity contribution in [1.82, 2.24) is 19.3 Å². The van der Waals surface area contributed by atoms with Crippen LogP contribution in [0.15, 0.2) is 164 Å². The Balaban J connectivity index is 0.00000511. The standard InChI is InChI=1S/C60H51N5.Pt/c1-38-33-39(2)55(40(3)34-38)56-57(41-19-11-9-12-20-41)62-65(58(56)42-21-13-10-14-22-42)45-28-30-49-53(37-45)63(51-26-18-16-24-48(51)60(49,7)8)44-27-29-47-46-23-15-17-25-50(46)64(52(47)36-44)54-35-43(31-32-61-54)59(4,5)6;/h9-35H,1-8H3;/q-2;+2. The van der Waals surface area contributed by atoms with Crippen LogP contribution < -0.4 is 4.90 Å². The van der Waals surface area contributed by atoms with Crippen molar-refractivity contribution in [3.63, 3.8) is 0 Å². The Bertz CT molecular complexity index is 3460. The number of anilines is 3. The fraction of sp³-hybridized carbons (Fsp3) is 0.167. The van der Waals surface area contributed by atoms with Crippen LogP contribution in [0.4, 0.5) is 17.1 Å². The molecule has 0 radical (unpaired) electrons. The van der Waals surface area contributed by atoms with Crippen molar-refractivity contribution in [2.45, 2.75) is 66.2 Å². The molecule has 0 saturated heterocycles. The van der Waals surface area contributed by atoms with Crippen molar-refractivity contribution in [3.05, 3.63) is 209 Å². The summed E-state index contributed by atoms with van der Waals surface area (Å²) < 4.78 is 4.41. The Hall–Kier alpha value is -6.81. The summed E-state index contributed by atoms with van der Waals surface area (Å²) in [5, 5.41) is 7.91. The van der Waals surface area contributed by atoms with Crippen LogP contribution in [0.3, 0.4) is 0 Å². The van der Waals surface area contributed by atoms with Gasteiger partial charge in [0.15, 0.2) is 0 Å². The molecule has 66 heavy (non-hydrogen) atoms. The monoisotopic (exact) mass is 1040 g/mol. The third-order valence-electron chi connectivity index (χ3n) is 13.4. The van der Waals surface area contributed by atoms with E-state index in [4.69, 9.17) is 10.1 Å². The average molecular weight is 1040 g/mol. The van der Waals surface area contributed by atoms with Gasteiger partial charge in [-0.05, 0) is 94.8 Å². The van der Waals surface area contributed by atoms with E-state index in [9.17, 15) is 0 Å². The quantitative estimate of drug-likeness (QED) is 0.156. The second kappa shape index (κ2) is 16.3. The topological polar surface area (TPSA) is 38.9 Å². The molecule has 0 unspecified atom stereocenters. The number of benzene rings is 7. The number of aryl methyl sites for hydroxylation is 3. The van der Waals surface area contributed by atoms with Crippen molar-refractivity contribution in [1.29, 1.82) is 0 Å². The van der Waals surface area contributed by atoms with Crippen molar-refractivity contribution < 1.29 is 21.1 Å². The van der Waals surface area contributed by atoms with Gasteiger partial charge in [0.25, 0.3) is 0 Å². The second-order valence-electron chi connectivity index (χ2n) is 19.2. The van der Waals surface area contributed by atoms with Crippen LogP contribution in [0.5, 0.6) is 0 Å². The molecule has 5 nitrogen and oxygen atoms in total. The second-order valence-corrected chi connectivity index (χ2v) is 19.2. The molecule has 3 aromatic heterocycles. The van der Waals surface area contributed by atoms with Gasteiger partial charge in [-0.2, -0.15) is 17.2 Å². The predicted octanol–water partition coefficient (Wildman–Crippen LogP) is 15.3. The molecule has 1 aliphatic heterocycles. The van der Waals surface area contributed by atoms with Gasteiger partial charge in [-0.1, -0.05) is 166 Å². The molecule has 0 N–H and O–H groups in total. The third-order valence-corrected chi connectivity index (χ3v) is 13.4. The molecular formula is C60H51N5Pt. The Labute approximate surface area is 402 Å². The van der Waals surface area contributed by atoms with Gasteiger partial charge in [0.05, 0.1) is 5.69 Å². The summed E-state index contributed by atoms with van der Waals surface area (Å²) >= 11 is 0. The van der Waals surface area contributed by atoms with E-state index in [2.05, 4.69) is 239 Å². The molecular weight excluding hydrogens is 986 g/mol. The Morgan fingerprint density at radius 1 is 0.591 bits per heavy atom. The van der Waals surface area contributed by atoms with E-state index in [-0.39, 0.29) is 31.9 Å². The van der Waals surface area contributed by atoms with E-state index >= 15 is 0 Å². The Morgan fingerprint density at radius 2 is 1.24 bits per heavy atom. The fourth-order valence-electron chi connectivity index (χ4n) is 10.3. The number of rotatable bonds is 6. The minimum Gasteiger partial charge on any atom is -0.358 e. The van der Waals surface area contributed by atoms with Gasteiger partial charge >= 0.3 is 21.1 Å². The van der Waals surface area contributed by atoms with E-state index in [1.165, 1.54) is 44.3 Å². The molecule has 0 saturated carbocycles. The van der Waals surface area contributed by atoms with Crippen LogP contribution in [0.2, 0.25) is 0 Å². The van der Waals surface area contributed by atoms with E-state index in [0.29, 0.717) is 0 Å². The zero-order valence-electron chi connectivity index (χ0n) is 38.6. The largest absolute Gasteiger partial charge is 2.00 e. The molecule has 326 valence electrons. The molecule has 10 aromatic rings. The maximum atomic E-state index is 5.62. The molecule has 0 atom stereocenters. The van der Waals surface area contributed by atoms with Crippen LogP contribution in [-0.2, 0) is 31.9 Å². The third kappa shape index (κ3) is 6.95. The van der Waals surface area contributed by atoms with Gasteiger partial charge in [-0.25, -0.2) is 4.98 Å². The molecule has 0 bridgehead atoms. The number of nitrogens with zero attached hydrogens (tertiary/aromatic N) is 5. The molecule has 0 aliphatic carbocycles. The summed E-state index contributed by atoms with van der Waals surface area (Å²) in [5.74, 6) is 0.877. The maximum Gasteiger partial charge on any atom is 2.00 e. The molecule has 4 heterocycles. The Morgan fingerprint density at radius 3 is 1.97 bits per heavy atom. The number of aromatic nitrogens is 4. The summed E-state index contributed by atoms with van der Waals surface area (Å²) in [6.07, 6.45) is 1.94. The van der Waals surface area contributed by atoms with Crippen LogP contribution in [0, 0.1) is 32.9 Å². The summed E-state index contributed by atoms with van der Waals surface area (Å²) in [4.78, 5) is 7.35. The molecule has 0 fully saturated rings. The number of fused-ring (bicyclic) bond motifs is 5. The van der Waals surface area contributed by atoms with Crippen molar-refractivity contribution in [3.8, 4) is 45.1 Å².